The lowest BCUT2D eigenvalue weighted by Crippen LogP contribution is -2.57. The molecule has 23 heteroatoms. The van der Waals surface area contributed by atoms with Crippen LogP contribution in [0.5, 0.6) is 0 Å². The molecule has 3 aliphatic heterocycles. The number of guanidine groups is 1. The Bertz CT molecular complexity index is 1690. The summed E-state index contributed by atoms with van der Waals surface area (Å²) < 4.78 is 0. The molecule has 70 heavy (non-hydrogen) atoms. The van der Waals surface area contributed by atoms with E-state index >= 15 is 0 Å². The minimum atomic E-state index is -1.12. The Morgan fingerprint density at radius 2 is 1.30 bits per heavy atom. The molecular weight excluding hydrogens is 907 g/mol. The van der Waals surface area contributed by atoms with Gasteiger partial charge in [0.25, 0.3) is 5.91 Å². The smallest absolute Gasteiger partial charge is 0.317 e. The number of nitrogens with two attached hydrogens (primary N) is 2. The van der Waals surface area contributed by atoms with Crippen LogP contribution in [0.4, 0.5) is 0 Å². The number of nitrogens with one attached hydrogen (secondary N) is 5. The number of carbonyl (C=O) groups excluding carboxylic acids is 6. The van der Waals surface area contributed by atoms with Gasteiger partial charge in [0, 0.05) is 84.6 Å². The molecule has 0 radical (unpaired) electrons. The highest BCUT2D eigenvalue weighted by atomic mass is 16.4. The number of aliphatic carboxylic acids is 2. The van der Waals surface area contributed by atoms with Crippen molar-refractivity contribution < 1.29 is 48.6 Å². The molecule has 23 nitrogen and oxygen atoms in total. The average molecular weight is 994 g/mol. The lowest BCUT2D eigenvalue weighted by atomic mass is 9.98. The van der Waals surface area contributed by atoms with Gasteiger partial charge in [0.15, 0.2) is 11.7 Å². The van der Waals surface area contributed by atoms with Crippen molar-refractivity contribution in [2.75, 3.05) is 111 Å². The van der Waals surface area contributed by atoms with Crippen molar-refractivity contribution in [3.05, 3.63) is 0 Å². The summed E-state index contributed by atoms with van der Waals surface area (Å²) in [5.74, 6) is -5.28. The summed E-state index contributed by atoms with van der Waals surface area (Å²) >= 11 is 0. The minimum absolute atomic E-state index is 0. The van der Waals surface area contributed by atoms with E-state index in [1.807, 2.05) is 28.5 Å². The maximum atomic E-state index is 14.1. The Hall–Kier alpha value is -4.81. The summed E-state index contributed by atoms with van der Waals surface area (Å²) in [5, 5.41) is 34.2. The van der Waals surface area contributed by atoms with Gasteiger partial charge in [0.2, 0.25) is 23.5 Å². The van der Waals surface area contributed by atoms with Crippen molar-refractivity contribution in [1.29, 1.82) is 0 Å². The molecule has 0 aromatic heterocycles. The van der Waals surface area contributed by atoms with Crippen LogP contribution in [0.15, 0.2) is 4.99 Å². The average Bonchev–Trinajstić information content (AvgIpc) is 3.79. The summed E-state index contributed by atoms with van der Waals surface area (Å²) in [4.78, 5) is 119. The van der Waals surface area contributed by atoms with Crippen LogP contribution in [0.25, 0.3) is 0 Å². The molecule has 4 amide bonds. The Morgan fingerprint density at radius 3 is 1.86 bits per heavy atom. The summed E-state index contributed by atoms with van der Waals surface area (Å²) in [6.45, 7) is 12.6. The molecule has 0 bridgehead atoms. The molecule has 0 aliphatic carbocycles. The van der Waals surface area contributed by atoms with Crippen LogP contribution in [0.1, 0.15) is 99.3 Å². The summed E-state index contributed by atoms with van der Waals surface area (Å²) in [6.07, 6.45) is 5.15. The number of carbonyl (C=O) groups is 8. The second kappa shape index (κ2) is 33.0. The number of carboxylic acids is 2. The molecule has 0 spiro atoms. The number of hydrogen-bond donors (Lipinski definition) is 9. The van der Waals surface area contributed by atoms with Gasteiger partial charge in [-0.1, -0.05) is 34.6 Å². The molecule has 3 aliphatic rings. The Balaban J connectivity index is 0.0000168. The van der Waals surface area contributed by atoms with Crippen LogP contribution in [0.2, 0.25) is 0 Å². The van der Waals surface area contributed by atoms with E-state index in [0.717, 1.165) is 13.0 Å². The highest BCUT2D eigenvalue weighted by Gasteiger charge is 2.40. The van der Waals surface area contributed by atoms with Gasteiger partial charge in [-0.25, -0.2) is 0 Å². The molecule has 3 rings (SSSR count). The van der Waals surface area contributed by atoms with E-state index in [0.29, 0.717) is 130 Å². The fourth-order valence-corrected chi connectivity index (χ4v) is 8.93. The first-order valence-corrected chi connectivity index (χ1v) is 25.0. The zero-order chi connectivity index (χ0) is 50.9. The van der Waals surface area contributed by atoms with E-state index in [1.165, 1.54) is 0 Å². The van der Waals surface area contributed by atoms with Crippen LogP contribution >= 0.6 is 0 Å². The van der Waals surface area contributed by atoms with Crippen molar-refractivity contribution in [2.45, 2.75) is 130 Å². The van der Waals surface area contributed by atoms with Crippen molar-refractivity contribution in [2.24, 2.45) is 22.4 Å². The highest BCUT2D eigenvalue weighted by molar-refractivity contribution is 6.38. The molecule has 2 unspecified atom stereocenters. The maximum Gasteiger partial charge on any atom is 0.317 e. The summed E-state index contributed by atoms with van der Waals surface area (Å²) in [7, 11) is 0. The van der Waals surface area contributed by atoms with E-state index in [4.69, 9.17) is 11.5 Å². The van der Waals surface area contributed by atoms with E-state index in [2.05, 4.69) is 36.5 Å². The first kappa shape index (κ1) is 61.3. The predicted molar refractivity (Wildman–Crippen MR) is 267 cm³/mol. The van der Waals surface area contributed by atoms with Gasteiger partial charge in [-0.2, -0.15) is 0 Å². The van der Waals surface area contributed by atoms with Gasteiger partial charge in [0.1, 0.15) is 6.04 Å². The molecular formula is C47H87N13O10. The number of aliphatic imine (C=N–C) groups is 1. The minimum Gasteiger partial charge on any atom is -0.480 e. The third kappa shape index (κ3) is 23.0. The largest absolute Gasteiger partial charge is 0.480 e. The predicted octanol–water partition coefficient (Wildman–Crippen LogP) is -1.75. The SMILES string of the molecule is C.CCN1CCN(CC(=O)O)CCN(CC(=O)CNC2CCCCNC(=O)C(=O)[C@H](C(C)C)NC(=O)[C@@H]3CCCN3C(=O)[C@H](CCCN=C(N)N)NC(C)CCCCNC2=O)CCN(CC(=O)O)CC1. The van der Waals surface area contributed by atoms with Crippen LogP contribution in [0.3, 0.4) is 0 Å². The standard InChI is InChI=1S/C46H83N13O10.CH4/c1-5-55-20-22-57(30-38(61)62)26-24-56(25-27-58(23-21-55)31-39(63)64)29-34(60)28-52-35-13-7-9-17-50-44(68)41(65)40(32(2)3)54-43(67)37-15-11-19-59(37)45(69)36(14-10-18-51-46(47)48)53-33(4)12-6-8-16-49-42(35)66;/h32-33,35-37,40,52-53H,5-31H2,1-4H3,(H,49,66)(H,50,68)(H,54,67)(H,61,62)(H,63,64)(H4,47,48,51);1H4/t33?,35?,36-,37-,40-;/m0./s1. The van der Waals surface area contributed by atoms with Crippen molar-refractivity contribution in [1.82, 2.24) is 51.1 Å². The van der Waals surface area contributed by atoms with Crippen molar-refractivity contribution in [3.8, 4) is 0 Å². The summed E-state index contributed by atoms with van der Waals surface area (Å²) in [5.41, 5.74) is 11.1. The van der Waals surface area contributed by atoms with Crippen molar-refractivity contribution >= 4 is 53.1 Å². The van der Waals surface area contributed by atoms with Crippen LogP contribution < -0.4 is 38.1 Å². The van der Waals surface area contributed by atoms with Crippen LogP contribution in [-0.2, 0) is 38.4 Å². The van der Waals surface area contributed by atoms with Crippen molar-refractivity contribution in [3.63, 3.8) is 0 Å². The third-order valence-corrected chi connectivity index (χ3v) is 13.0. The first-order chi connectivity index (χ1) is 32.9. The third-order valence-electron chi connectivity index (χ3n) is 13.0. The number of nitrogens with zero attached hydrogens (tertiary/aromatic N) is 6. The topological polar surface area (TPSA) is 318 Å². The molecule has 11 N–H and O–H groups in total. The lowest BCUT2D eigenvalue weighted by molar-refractivity contribution is -0.143. The molecule has 0 saturated carbocycles. The number of amides is 4. The van der Waals surface area contributed by atoms with Crippen LogP contribution in [0, 0.1) is 5.92 Å². The van der Waals surface area contributed by atoms with Gasteiger partial charge in [-0.15, -0.1) is 0 Å². The first-order valence-electron chi connectivity index (χ1n) is 25.0. The van der Waals surface area contributed by atoms with Gasteiger partial charge in [-0.3, -0.25) is 63.4 Å². The normalized spacial score (nSPS) is 25.0. The van der Waals surface area contributed by atoms with E-state index in [-0.39, 0.29) is 69.7 Å². The van der Waals surface area contributed by atoms with Gasteiger partial charge >= 0.3 is 11.9 Å². The Labute approximate surface area is 415 Å². The van der Waals surface area contributed by atoms with E-state index in [1.54, 1.807) is 18.7 Å². The zero-order valence-corrected chi connectivity index (χ0v) is 41.6. The van der Waals surface area contributed by atoms with Crippen LogP contribution in [-0.4, -0.2) is 229 Å². The zero-order valence-electron chi connectivity index (χ0n) is 41.6. The van der Waals surface area contributed by atoms with Gasteiger partial charge in [-0.05, 0) is 77.2 Å². The fourth-order valence-electron chi connectivity index (χ4n) is 8.93. The molecule has 5 atom stereocenters. The number of carboxylic acid groups (broad SMARTS) is 2. The highest BCUT2D eigenvalue weighted by Crippen LogP contribution is 2.21. The molecule has 0 aromatic rings. The number of fused-ring (bicyclic) bond motifs is 1. The number of rotatable bonds is 15. The second-order valence-electron chi connectivity index (χ2n) is 18.9. The lowest BCUT2D eigenvalue weighted by Gasteiger charge is -2.33. The van der Waals surface area contributed by atoms with Gasteiger partial charge < -0.3 is 52.7 Å². The van der Waals surface area contributed by atoms with E-state index < -0.39 is 59.6 Å². The number of hydrogen-bond acceptors (Lipinski definition) is 15. The summed E-state index contributed by atoms with van der Waals surface area (Å²) in [6, 6.07) is -3.46. The quantitative estimate of drug-likeness (QED) is 0.0380. The molecule has 3 heterocycles. The second-order valence-corrected chi connectivity index (χ2v) is 18.9. The molecule has 400 valence electrons. The number of Topliss-reactive ketones (excluding diaryl/α,β-unsaturated/α-hetero) is 2. The molecule has 3 fully saturated rings. The Morgan fingerprint density at radius 1 is 0.743 bits per heavy atom. The maximum absolute atomic E-state index is 14.1. The van der Waals surface area contributed by atoms with Gasteiger partial charge in [0.05, 0.1) is 44.3 Å². The van der Waals surface area contributed by atoms with E-state index in [9.17, 15) is 48.6 Å². The number of likely N-dealkylation sites (N-methyl/N-ethyl adjacent to an activating group) is 1. The Kier molecular flexibility index (Phi) is 28.9. The monoisotopic (exact) mass is 994 g/mol. The fraction of sp³-hybridized carbons (Fsp3) is 0.809. The molecule has 0 aromatic carbocycles. The molecule has 3 saturated heterocycles. The number of ketones is 2.